The van der Waals surface area contributed by atoms with Crippen molar-refractivity contribution in [3.05, 3.63) is 229 Å². The summed E-state index contributed by atoms with van der Waals surface area (Å²) in [6.07, 6.45) is 3.59. The van der Waals surface area contributed by atoms with E-state index in [9.17, 15) is 0 Å². The summed E-state index contributed by atoms with van der Waals surface area (Å²) in [5.74, 6) is 1.44. The first-order chi connectivity index (χ1) is 31.7. The Labute approximate surface area is 373 Å². The molecule has 300 valence electrons. The molecule has 13 rings (SSSR count). The van der Waals surface area contributed by atoms with Crippen molar-refractivity contribution in [2.45, 2.75) is 6.17 Å². The SMILES string of the molecule is c1ccc(-c2ccc(C3=NC(c4cncc5sc6ccc(-c7ccc8c(c7)c7ccccc7n8-c7cc8ccccc8c8ccccc78)cc6c45)=NC(c4ccccc4)N3)cc2)cc1. The fourth-order valence-corrected chi connectivity index (χ4v) is 10.8. The lowest BCUT2D eigenvalue weighted by Gasteiger charge is -2.24. The zero-order valence-corrected chi connectivity index (χ0v) is 35.3. The monoisotopic (exact) mass is 835 g/mol. The molecule has 0 saturated carbocycles. The summed E-state index contributed by atoms with van der Waals surface area (Å²) in [7, 11) is 0. The number of fused-ring (bicyclic) bond motifs is 9. The summed E-state index contributed by atoms with van der Waals surface area (Å²) in [4.78, 5) is 15.3. The largest absolute Gasteiger partial charge is 0.344 e. The van der Waals surface area contributed by atoms with Gasteiger partial charge in [0.15, 0.2) is 5.84 Å². The molecule has 9 aromatic carbocycles. The lowest BCUT2D eigenvalue weighted by molar-refractivity contribution is 0.674. The van der Waals surface area contributed by atoms with Crippen molar-refractivity contribution in [2.75, 3.05) is 0 Å². The van der Waals surface area contributed by atoms with E-state index >= 15 is 0 Å². The second-order valence-electron chi connectivity index (χ2n) is 16.4. The van der Waals surface area contributed by atoms with Crippen LogP contribution in [0.15, 0.2) is 223 Å². The van der Waals surface area contributed by atoms with Crippen LogP contribution in [0.1, 0.15) is 22.9 Å². The first kappa shape index (κ1) is 36.5. The van der Waals surface area contributed by atoms with Crippen molar-refractivity contribution in [3.8, 4) is 27.9 Å². The Morgan fingerprint density at radius 1 is 0.453 bits per heavy atom. The lowest BCUT2D eigenvalue weighted by Crippen LogP contribution is -2.33. The number of aliphatic imine (C=N–C) groups is 2. The molecular weight excluding hydrogens is 799 g/mol. The summed E-state index contributed by atoms with van der Waals surface area (Å²) >= 11 is 1.76. The maximum Gasteiger partial charge on any atom is 0.161 e. The summed E-state index contributed by atoms with van der Waals surface area (Å²) < 4.78 is 4.75. The highest BCUT2D eigenvalue weighted by atomic mass is 32.1. The standard InChI is InChI=1S/C58H37N5S/c1-3-13-36(14-4-1)37-23-25-39(26-24-37)57-60-56(38-15-5-2-6-16-38)61-58(62-57)49-34-59-35-54-55(49)48-32-41(28-30-53(48)64-54)40-27-29-51-47(31-40)46-21-11-12-22-50(46)63(51)52-33-42-17-7-8-18-43(42)44-19-9-10-20-45(44)52/h1-35,56H,(H,60,61,62). The van der Waals surface area contributed by atoms with Crippen molar-refractivity contribution in [3.63, 3.8) is 0 Å². The molecule has 64 heavy (non-hydrogen) atoms. The first-order valence-corrected chi connectivity index (χ1v) is 22.4. The third kappa shape index (κ3) is 5.95. The highest BCUT2D eigenvalue weighted by Crippen LogP contribution is 2.42. The molecule has 1 unspecified atom stereocenters. The lowest BCUT2D eigenvalue weighted by atomic mass is 9.99. The van der Waals surface area contributed by atoms with Gasteiger partial charge < -0.3 is 9.88 Å². The van der Waals surface area contributed by atoms with Crippen LogP contribution < -0.4 is 5.32 Å². The molecule has 1 N–H and O–H groups in total. The van der Waals surface area contributed by atoms with E-state index < -0.39 is 0 Å². The summed E-state index contributed by atoms with van der Waals surface area (Å²) in [6.45, 7) is 0. The van der Waals surface area contributed by atoms with Crippen LogP contribution in [-0.4, -0.2) is 21.2 Å². The van der Waals surface area contributed by atoms with Crippen LogP contribution in [0.2, 0.25) is 0 Å². The summed E-state index contributed by atoms with van der Waals surface area (Å²) in [6, 6.07) is 71.9. The van der Waals surface area contributed by atoms with E-state index in [1.54, 1.807) is 11.3 Å². The molecule has 0 bridgehead atoms. The number of nitrogens with zero attached hydrogens (tertiary/aromatic N) is 4. The maximum atomic E-state index is 5.29. The van der Waals surface area contributed by atoms with Gasteiger partial charge in [-0.05, 0) is 80.4 Å². The van der Waals surface area contributed by atoms with E-state index in [0.717, 1.165) is 43.7 Å². The minimum Gasteiger partial charge on any atom is -0.344 e. The quantitative estimate of drug-likeness (QED) is 0.170. The molecule has 3 aromatic heterocycles. The Bertz CT molecular complexity index is 3860. The van der Waals surface area contributed by atoms with E-state index in [1.165, 1.54) is 70.3 Å². The van der Waals surface area contributed by atoms with Gasteiger partial charge in [-0.3, -0.25) is 4.98 Å². The van der Waals surface area contributed by atoms with Gasteiger partial charge in [-0.25, -0.2) is 9.98 Å². The van der Waals surface area contributed by atoms with Crippen molar-refractivity contribution in [1.82, 2.24) is 14.9 Å². The van der Waals surface area contributed by atoms with Crippen LogP contribution in [0.3, 0.4) is 0 Å². The fourth-order valence-electron chi connectivity index (χ4n) is 9.68. The summed E-state index contributed by atoms with van der Waals surface area (Å²) in [5.41, 5.74) is 11.2. The molecular formula is C58H37N5S. The Kier molecular flexibility index (Phi) is 8.39. The zero-order valence-electron chi connectivity index (χ0n) is 34.5. The van der Waals surface area contributed by atoms with Gasteiger partial charge in [0.05, 0.1) is 21.4 Å². The molecule has 0 amide bonds. The second kappa shape index (κ2) is 14.7. The minimum atomic E-state index is -0.324. The fraction of sp³-hybridized carbons (Fsp3) is 0.0172. The number of nitrogens with one attached hydrogen (secondary N) is 1. The average molecular weight is 836 g/mol. The van der Waals surface area contributed by atoms with Gasteiger partial charge in [0.25, 0.3) is 0 Å². The molecule has 5 nitrogen and oxygen atoms in total. The number of rotatable bonds is 6. The minimum absolute atomic E-state index is 0.324. The van der Waals surface area contributed by atoms with E-state index in [0.29, 0.717) is 5.84 Å². The predicted octanol–water partition coefficient (Wildman–Crippen LogP) is 14.7. The smallest absolute Gasteiger partial charge is 0.161 e. The number of para-hydroxylation sites is 1. The van der Waals surface area contributed by atoms with Gasteiger partial charge in [-0.15, -0.1) is 11.3 Å². The van der Waals surface area contributed by atoms with Crippen LogP contribution in [0, 0.1) is 0 Å². The van der Waals surface area contributed by atoms with Crippen LogP contribution >= 0.6 is 11.3 Å². The van der Waals surface area contributed by atoms with E-state index in [4.69, 9.17) is 15.0 Å². The molecule has 1 aliphatic heterocycles. The number of thiophene rings is 1. The molecule has 0 saturated heterocycles. The Balaban J connectivity index is 0.950. The third-order valence-corrected chi connectivity index (χ3v) is 13.8. The van der Waals surface area contributed by atoms with E-state index in [-0.39, 0.29) is 6.17 Å². The number of amidine groups is 2. The normalized spacial score (nSPS) is 14.1. The van der Waals surface area contributed by atoms with E-state index in [1.807, 2.05) is 24.5 Å². The third-order valence-electron chi connectivity index (χ3n) is 12.7. The van der Waals surface area contributed by atoms with Crippen LogP contribution in [0.5, 0.6) is 0 Å². The maximum absolute atomic E-state index is 5.29. The Morgan fingerprint density at radius 2 is 1.08 bits per heavy atom. The molecule has 0 radical (unpaired) electrons. The van der Waals surface area contributed by atoms with Crippen LogP contribution in [0.4, 0.5) is 0 Å². The second-order valence-corrected chi connectivity index (χ2v) is 17.5. The number of hydrogen-bond donors (Lipinski definition) is 1. The predicted molar refractivity (Wildman–Crippen MR) is 269 cm³/mol. The molecule has 6 heteroatoms. The highest BCUT2D eigenvalue weighted by molar-refractivity contribution is 7.25. The van der Waals surface area contributed by atoms with Crippen LogP contribution in [0.25, 0.3) is 91.5 Å². The number of aromatic nitrogens is 2. The van der Waals surface area contributed by atoms with Gasteiger partial charge in [0, 0.05) is 55.2 Å². The van der Waals surface area contributed by atoms with Crippen molar-refractivity contribution in [1.29, 1.82) is 0 Å². The van der Waals surface area contributed by atoms with Crippen molar-refractivity contribution >= 4 is 86.5 Å². The molecule has 0 spiro atoms. The average Bonchev–Trinajstić information content (AvgIpc) is 3.92. The van der Waals surface area contributed by atoms with Gasteiger partial charge in [0.1, 0.15) is 12.0 Å². The first-order valence-electron chi connectivity index (χ1n) is 21.6. The topological polar surface area (TPSA) is 54.6 Å². The molecule has 12 aromatic rings. The highest BCUT2D eigenvalue weighted by Gasteiger charge is 2.24. The zero-order chi connectivity index (χ0) is 42.1. The Hall–Kier alpha value is -8.19. The molecule has 1 atom stereocenters. The number of hydrogen-bond acceptors (Lipinski definition) is 5. The van der Waals surface area contributed by atoms with Gasteiger partial charge in [-0.1, -0.05) is 164 Å². The van der Waals surface area contributed by atoms with Gasteiger partial charge >= 0.3 is 0 Å². The summed E-state index contributed by atoms with van der Waals surface area (Å²) in [5, 5.41) is 13.4. The number of benzene rings is 9. The van der Waals surface area contributed by atoms with Crippen molar-refractivity contribution in [2.24, 2.45) is 9.98 Å². The molecule has 4 heterocycles. The number of pyridine rings is 1. The van der Waals surface area contributed by atoms with Gasteiger partial charge in [-0.2, -0.15) is 0 Å². The van der Waals surface area contributed by atoms with Gasteiger partial charge in [0.2, 0.25) is 0 Å². The van der Waals surface area contributed by atoms with E-state index in [2.05, 4.69) is 198 Å². The molecule has 0 aliphatic carbocycles. The molecule has 0 fully saturated rings. The Morgan fingerprint density at radius 3 is 1.91 bits per heavy atom. The molecule has 1 aliphatic rings. The van der Waals surface area contributed by atoms with Crippen molar-refractivity contribution < 1.29 is 0 Å². The van der Waals surface area contributed by atoms with Crippen LogP contribution in [-0.2, 0) is 0 Å².